The average molecular weight is 236 g/mol. The topological polar surface area (TPSA) is 53.6 Å². The maximum absolute atomic E-state index is 4.27. The smallest absolute Gasteiger partial charge is 0.151 e. The SMILES string of the molecule is Cc1nc(CCNC(C)c2cccs2)n[nH]1. The molecule has 2 heterocycles. The molecule has 2 aromatic heterocycles. The second kappa shape index (κ2) is 5.23. The molecule has 86 valence electrons. The van der Waals surface area contributed by atoms with Crippen LogP contribution in [0.3, 0.4) is 0 Å². The summed E-state index contributed by atoms with van der Waals surface area (Å²) in [6.07, 6.45) is 0.861. The van der Waals surface area contributed by atoms with Crippen molar-refractivity contribution in [3.8, 4) is 0 Å². The Balaban J connectivity index is 1.76. The molecule has 0 radical (unpaired) electrons. The Morgan fingerprint density at radius 2 is 2.44 bits per heavy atom. The molecule has 4 nitrogen and oxygen atoms in total. The van der Waals surface area contributed by atoms with Gasteiger partial charge in [0.25, 0.3) is 0 Å². The Morgan fingerprint density at radius 3 is 3.06 bits per heavy atom. The third-order valence-electron chi connectivity index (χ3n) is 2.41. The highest BCUT2D eigenvalue weighted by atomic mass is 32.1. The number of aryl methyl sites for hydroxylation is 1. The second-order valence-electron chi connectivity index (χ2n) is 3.78. The molecule has 16 heavy (non-hydrogen) atoms. The summed E-state index contributed by atoms with van der Waals surface area (Å²) >= 11 is 1.78. The average Bonchev–Trinajstić information content (AvgIpc) is 2.89. The number of aromatic amines is 1. The molecule has 2 rings (SSSR count). The van der Waals surface area contributed by atoms with Crippen LogP contribution in [0.2, 0.25) is 0 Å². The molecule has 0 saturated heterocycles. The summed E-state index contributed by atoms with van der Waals surface area (Å²) in [6, 6.07) is 4.64. The summed E-state index contributed by atoms with van der Waals surface area (Å²) in [5.41, 5.74) is 0. The molecule has 0 fully saturated rings. The Morgan fingerprint density at radius 1 is 1.56 bits per heavy atom. The summed E-state index contributed by atoms with van der Waals surface area (Å²) in [6.45, 7) is 4.99. The Hall–Kier alpha value is -1.20. The van der Waals surface area contributed by atoms with Gasteiger partial charge in [-0.15, -0.1) is 11.3 Å². The zero-order chi connectivity index (χ0) is 11.4. The lowest BCUT2D eigenvalue weighted by Crippen LogP contribution is -2.20. The fourth-order valence-corrected chi connectivity index (χ4v) is 2.30. The highest BCUT2D eigenvalue weighted by Gasteiger charge is 2.06. The Labute approximate surface area is 99.1 Å². The van der Waals surface area contributed by atoms with Crippen molar-refractivity contribution in [3.63, 3.8) is 0 Å². The molecular formula is C11H16N4S. The van der Waals surface area contributed by atoms with Gasteiger partial charge in [0.2, 0.25) is 0 Å². The van der Waals surface area contributed by atoms with Crippen LogP contribution in [-0.2, 0) is 6.42 Å². The normalized spacial score (nSPS) is 12.9. The van der Waals surface area contributed by atoms with E-state index in [1.54, 1.807) is 11.3 Å². The summed E-state index contributed by atoms with van der Waals surface area (Å²) in [7, 11) is 0. The van der Waals surface area contributed by atoms with E-state index in [1.807, 2.05) is 6.92 Å². The van der Waals surface area contributed by atoms with Crippen LogP contribution in [0, 0.1) is 6.92 Å². The third kappa shape index (κ3) is 2.90. The molecule has 1 unspecified atom stereocenters. The van der Waals surface area contributed by atoms with Crippen LogP contribution in [0.15, 0.2) is 17.5 Å². The monoisotopic (exact) mass is 236 g/mol. The predicted octanol–water partition coefficient (Wildman–Crippen LogP) is 2.07. The third-order valence-corrected chi connectivity index (χ3v) is 3.47. The molecule has 0 aliphatic heterocycles. The molecule has 0 aliphatic rings. The molecule has 0 aliphatic carbocycles. The van der Waals surface area contributed by atoms with E-state index in [4.69, 9.17) is 0 Å². The van der Waals surface area contributed by atoms with E-state index in [-0.39, 0.29) is 0 Å². The zero-order valence-electron chi connectivity index (χ0n) is 9.53. The van der Waals surface area contributed by atoms with Crippen molar-refractivity contribution < 1.29 is 0 Å². The predicted molar refractivity (Wildman–Crippen MR) is 65.6 cm³/mol. The lowest BCUT2D eigenvalue weighted by molar-refractivity contribution is 0.578. The van der Waals surface area contributed by atoms with Crippen LogP contribution >= 0.6 is 11.3 Å². The van der Waals surface area contributed by atoms with E-state index in [2.05, 4.69) is 44.9 Å². The van der Waals surface area contributed by atoms with Gasteiger partial charge in [-0.3, -0.25) is 5.10 Å². The maximum Gasteiger partial charge on any atom is 0.151 e. The van der Waals surface area contributed by atoms with Gasteiger partial charge in [-0.1, -0.05) is 6.07 Å². The van der Waals surface area contributed by atoms with Crippen LogP contribution in [-0.4, -0.2) is 21.7 Å². The van der Waals surface area contributed by atoms with Crippen molar-refractivity contribution >= 4 is 11.3 Å². The van der Waals surface area contributed by atoms with E-state index in [0.717, 1.165) is 24.6 Å². The number of aromatic nitrogens is 3. The molecule has 0 saturated carbocycles. The van der Waals surface area contributed by atoms with Crippen molar-refractivity contribution in [2.75, 3.05) is 6.54 Å². The minimum atomic E-state index is 0.403. The summed E-state index contributed by atoms with van der Waals surface area (Å²) in [5.74, 6) is 1.75. The molecule has 0 spiro atoms. The summed E-state index contributed by atoms with van der Waals surface area (Å²) in [5, 5.41) is 12.5. The lowest BCUT2D eigenvalue weighted by Gasteiger charge is -2.10. The van der Waals surface area contributed by atoms with Gasteiger partial charge in [0.05, 0.1) is 0 Å². The zero-order valence-corrected chi connectivity index (χ0v) is 10.3. The second-order valence-corrected chi connectivity index (χ2v) is 4.76. The molecule has 0 aromatic carbocycles. The minimum absolute atomic E-state index is 0.403. The van der Waals surface area contributed by atoms with Crippen LogP contribution in [0.1, 0.15) is 29.5 Å². The van der Waals surface area contributed by atoms with Gasteiger partial charge in [-0.05, 0) is 25.3 Å². The fourth-order valence-electron chi connectivity index (χ4n) is 1.54. The van der Waals surface area contributed by atoms with E-state index in [1.165, 1.54) is 4.88 Å². The largest absolute Gasteiger partial charge is 0.309 e. The van der Waals surface area contributed by atoms with Gasteiger partial charge < -0.3 is 5.32 Å². The van der Waals surface area contributed by atoms with Gasteiger partial charge in [-0.2, -0.15) is 5.10 Å². The summed E-state index contributed by atoms with van der Waals surface area (Å²) < 4.78 is 0. The molecule has 2 N–H and O–H groups in total. The Bertz CT molecular complexity index is 421. The highest BCUT2D eigenvalue weighted by Crippen LogP contribution is 2.17. The molecule has 5 heteroatoms. The van der Waals surface area contributed by atoms with Gasteiger partial charge >= 0.3 is 0 Å². The van der Waals surface area contributed by atoms with Crippen molar-refractivity contribution in [2.45, 2.75) is 26.3 Å². The Kier molecular flexibility index (Phi) is 3.69. The van der Waals surface area contributed by atoms with Crippen LogP contribution < -0.4 is 5.32 Å². The number of rotatable bonds is 5. The molecule has 2 aromatic rings. The minimum Gasteiger partial charge on any atom is -0.309 e. The number of H-pyrrole nitrogens is 1. The quantitative estimate of drug-likeness (QED) is 0.835. The number of nitrogens with one attached hydrogen (secondary N) is 2. The van der Waals surface area contributed by atoms with Crippen LogP contribution in [0.25, 0.3) is 0 Å². The van der Waals surface area contributed by atoms with Crippen LogP contribution in [0.4, 0.5) is 0 Å². The van der Waals surface area contributed by atoms with E-state index in [0.29, 0.717) is 6.04 Å². The molecule has 1 atom stereocenters. The fraction of sp³-hybridized carbons (Fsp3) is 0.455. The summed E-state index contributed by atoms with van der Waals surface area (Å²) in [4.78, 5) is 5.63. The molecule has 0 bridgehead atoms. The van der Waals surface area contributed by atoms with E-state index < -0.39 is 0 Å². The van der Waals surface area contributed by atoms with Gasteiger partial charge in [0, 0.05) is 23.9 Å². The van der Waals surface area contributed by atoms with E-state index in [9.17, 15) is 0 Å². The maximum atomic E-state index is 4.27. The molecule has 0 amide bonds. The lowest BCUT2D eigenvalue weighted by atomic mass is 10.2. The standard InChI is InChI=1S/C11H16N4S/c1-8(10-4-3-7-16-10)12-6-5-11-13-9(2)14-15-11/h3-4,7-8,12H,5-6H2,1-2H3,(H,13,14,15). The van der Waals surface area contributed by atoms with Crippen molar-refractivity contribution in [2.24, 2.45) is 0 Å². The first-order valence-electron chi connectivity index (χ1n) is 5.40. The first kappa shape index (κ1) is 11.3. The number of hydrogen-bond donors (Lipinski definition) is 2. The van der Waals surface area contributed by atoms with Crippen LogP contribution in [0.5, 0.6) is 0 Å². The first-order chi connectivity index (χ1) is 7.75. The first-order valence-corrected chi connectivity index (χ1v) is 6.28. The van der Waals surface area contributed by atoms with Gasteiger partial charge in [0.15, 0.2) is 5.82 Å². The van der Waals surface area contributed by atoms with Crippen molar-refractivity contribution in [1.82, 2.24) is 20.5 Å². The highest BCUT2D eigenvalue weighted by molar-refractivity contribution is 7.10. The van der Waals surface area contributed by atoms with Gasteiger partial charge in [-0.25, -0.2) is 4.98 Å². The molecular weight excluding hydrogens is 220 g/mol. The number of thiophene rings is 1. The van der Waals surface area contributed by atoms with Crippen molar-refractivity contribution in [3.05, 3.63) is 34.0 Å². The number of hydrogen-bond acceptors (Lipinski definition) is 4. The number of nitrogens with zero attached hydrogens (tertiary/aromatic N) is 2. The van der Waals surface area contributed by atoms with Crippen molar-refractivity contribution in [1.29, 1.82) is 0 Å². The van der Waals surface area contributed by atoms with E-state index >= 15 is 0 Å². The van der Waals surface area contributed by atoms with Gasteiger partial charge in [0.1, 0.15) is 5.82 Å².